The highest BCUT2D eigenvalue weighted by Crippen LogP contribution is 2.41. The van der Waals surface area contributed by atoms with Gasteiger partial charge in [0, 0.05) is 18.9 Å². The Labute approximate surface area is 147 Å². The molecule has 1 aromatic heterocycles. The number of carbonyl (C=O) groups excluding carboxylic acids is 1. The first-order chi connectivity index (χ1) is 12.3. The van der Waals surface area contributed by atoms with E-state index in [1.54, 1.807) is 0 Å². The van der Waals surface area contributed by atoms with Gasteiger partial charge in [-0.15, -0.1) is 0 Å². The molecule has 5 heteroatoms. The number of aryl methyl sites for hydroxylation is 1. The molecule has 25 heavy (non-hydrogen) atoms. The van der Waals surface area contributed by atoms with Crippen molar-refractivity contribution < 1.29 is 9.32 Å². The fourth-order valence-electron chi connectivity index (χ4n) is 4.40. The van der Waals surface area contributed by atoms with Crippen LogP contribution in [0.5, 0.6) is 0 Å². The molecule has 1 aromatic carbocycles. The molecule has 0 spiro atoms. The summed E-state index contributed by atoms with van der Waals surface area (Å²) in [6, 6.07) is 8.55. The molecule has 1 amide bonds. The summed E-state index contributed by atoms with van der Waals surface area (Å²) >= 11 is 0. The summed E-state index contributed by atoms with van der Waals surface area (Å²) in [7, 11) is 0. The zero-order valence-corrected chi connectivity index (χ0v) is 14.4. The number of benzene rings is 1. The van der Waals surface area contributed by atoms with E-state index in [2.05, 4.69) is 34.4 Å². The van der Waals surface area contributed by atoms with Crippen molar-refractivity contribution in [1.82, 2.24) is 15.0 Å². The van der Waals surface area contributed by atoms with Gasteiger partial charge in [0.1, 0.15) is 0 Å². The number of aromatic nitrogens is 2. The van der Waals surface area contributed by atoms with Crippen LogP contribution < -0.4 is 0 Å². The number of hydrogen-bond donors (Lipinski definition) is 0. The van der Waals surface area contributed by atoms with Gasteiger partial charge < -0.3 is 9.42 Å². The van der Waals surface area contributed by atoms with Crippen LogP contribution in [0, 0.1) is 0 Å². The SMILES string of the molecule is O=C(C[C@H]1CCc2ccccc21)N1CCC[C@@H]1c1noc(C2CC2)n1. The summed E-state index contributed by atoms with van der Waals surface area (Å²) in [6.07, 6.45) is 7.03. The van der Waals surface area contributed by atoms with E-state index in [9.17, 15) is 4.79 Å². The Balaban J connectivity index is 1.31. The normalized spacial score (nSPS) is 25.4. The van der Waals surface area contributed by atoms with E-state index in [1.807, 2.05) is 4.90 Å². The molecule has 2 fully saturated rings. The molecule has 2 aromatic rings. The van der Waals surface area contributed by atoms with Gasteiger partial charge in [-0.2, -0.15) is 4.98 Å². The molecule has 130 valence electrons. The number of fused-ring (bicyclic) bond motifs is 1. The predicted octanol–water partition coefficient (Wildman–Crippen LogP) is 3.73. The van der Waals surface area contributed by atoms with Gasteiger partial charge in [-0.1, -0.05) is 29.4 Å². The van der Waals surface area contributed by atoms with E-state index >= 15 is 0 Å². The van der Waals surface area contributed by atoms with Gasteiger partial charge in [-0.3, -0.25) is 4.79 Å². The van der Waals surface area contributed by atoms with E-state index in [0.29, 0.717) is 24.1 Å². The van der Waals surface area contributed by atoms with E-state index in [4.69, 9.17) is 4.52 Å². The smallest absolute Gasteiger partial charge is 0.229 e. The second kappa shape index (κ2) is 5.97. The number of likely N-dealkylation sites (tertiary alicyclic amines) is 1. The standard InChI is InChI=1S/C20H23N3O2/c24-18(12-15-10-7-13-4-1-2-5-16(13)15)23-11-3-6-17(23)19-21-20(25-22-19)14-8-9-14/h1-2,4-5,14-15,17H,3,6-12H2/t15-,17-/m1/s1. The fraction of sp³-hybridized carbons (Fsp3) is 0.550. The third kappa shape index (κ3) is 2.75. The summed E-state index contributed by atoms with van der Waals surface area (Å²) < 4.78 is 5.41. The molecule has 1 saturated carbocycles. The summed E-state index contributed by atoms with van der Waals surface area (Å²) in [6.45, 7) is 0.811. The molecule has 2 heterocycles. The van der Waals surface area contributed by atoms with Crippen LogP contribution in [0.3, 0.4) is 0 Å². The Morgan fingerprint density at radius 3 is 2.96 bits per heavy atom. The van der Waals surface area contributed by atoms with Crippen molar-refractivity contribution in [3.05, 3.63) is 47.1 Å². The minimum Gasteiger partial charge on any atom is -0.339 e. The largest absolute Gasteiger partial charge is 0.339 e. The molecular formula is C20H23N3O2. The Bertz CT molecular complexity index is 796. The Kier molecular flexibility index (Phi) is 3.61. The average molecular weight is 337 g/mol. The number of rotatable bonds is 4. The fourth-order valence-corrected chi connectivity index (χ4v) is 4.40. The van der Waals surface area contributed by atoms with Crippen molar-refractivity contribution in [2.24, 2.45) is 0 Å². The van der Waals surface area contributed by atoms with Gasteiger partial charge >= 0.3 is 0 Å². The van der Waals surface area contributed by atoms with Crippen LogP contribution >= 0.6 is 0 Å². The molecule has 5 nitrogen and oxygen atoms in total. The minimum absolute atomic E-state index is 0.000367. The van der Waals surface area contributed by atoms with Crippen molar-refractivity contribution >= 4 is 5.91 Å². The molecule has 0 radical (unpaired) electrons. The number of carbonyl (C=O) groups is 1. The maximum Gasteiger partial charge on any atom is 0.229 e. The zero-order valence-electron chi connectivity index (χ0n) is 14.4. The van der Waals surface area contributed by atoms with Crippen LogP contribution in [0.1, 0.15) is 79.2 Å². The van der Waals surface area contributed by atoms with Gasteiger partial charge in [-0.05, 0) is 55.6 Å². The Morgan fingerprint density at radius 1 is 1.20 bits per heavy atom. The van der Waals surface area contributed by atoms with E-state index in [1.165, 1.54) is 11.1 Å². The maximum atomic E-state index is 13.0. The zero-order chi connectivity index (χ0) is 16.8. The quantitative estimate of drug-likeness (QED) is 0.853. The summed E-state index contributed by atoms with van der Waals surface area (Å²) in [5.74, 6) is 2.53. The monoisotopic (exact) mass is 337 g/mol. The van der Waals surface area contributed by atoms with Gasteiger partial charge in [0.25, 0.3) is 0 Å². The van der Waals surface area contributed by atoms with Gasteiger partial charge in [-0.25, -0.2) is 0 Å². The molecule has 0 unspecified atom stereocenters. The van der Waals surface area contributed by atoms with E-state index < -0.39 is 0 Å². The van der Waals surface area contributed by atoms with E-state index in [0.717, 1.165) is 51.0 Å². The minimum atomic E-state index is 0.000367. The van der Waals surface area contributed by atoms with Crippen LogP contribution in [0.25, 0.3) is 0 Å². The predicted molar refractivity (Wildman–Crippen MR) is 92.1 cm³/mol. The molecular weight excluding hydrogens is 314 g/mol. The van der Waals surface area contributed by atoms with Gasteiger partial charge in [0.05, 0.1) is 6.04 Å². The molecule has 5 rings (SSSR count). The van der Waals surface area contributed by atoms with Crippen LogP contribution in [0.4, 0.5) is 0 Å². The van der Waals surface area contributed by atoms with E-state index in [-0.39, 0.29) is 11.9 Å². The van der Waals surface area contributed by atoms with Gasteiger partial charge in [0.15, 0.2) is 5.82 Å². The lowest BCUT2D eigenvalue weighted by Gasteiger charge is -2.24. The van der Waals surface area contributed by atoms with Crippen molar-refractivity contribution in [1.29, 1.82) is 0 Å². The molecule has 0 N–H and O–H groups in total. The van der Waals surface area contributed by atoms with Crippen molar-refractivity contribution in [2.75, 3.05) is 6.54 Å². The first-order valence-electron chi connectivity index (χ1n) is 9.50. The highest BCUT2D eigenvalue weighted by Gasteiger charge is 2.37. The third-order valence-corrected chi connectivity index (χ3v) is 5.93. The summed E-state index contributed by atoms with van der Waals surface area (Å²) in [5, 5.41) is 4.18. The topological polar surface area (TPSA) is 59.2 Å². The van der Waals surface area contributed by atoms with Crippen LogP contribution in [-0.4, -0.2) is 27.5 Å². The van der Waals surface area contributed by atoms with Crippen molar-refractivity contribution in [3.63, 3.8) is 0 Å². The number of nitrogens with zero attached hydrogens (tertiary/aromatic N) is 3. The highest BCUT2D eigenvalue weighted by atomic mass is 16.5. The van der Waals surface area contributed by atoms with Crippen molar-refractivity contribution in [2.45, 2.75) is 62.8 Å². The molecule has 0 bridgehead atoms. The summed E-state index contributed by atoms with van der Waals surface area (Å²) in [4.78, 5) is 19.6. The van der Waals surface area contributed by atoms with Gasteiger partial charge in [0.2, 0.25) is 11.8 Å². The lowest BCUT2D eigenvalue weighted by Crippen LogP contribution is -2.32. The Morgan fingerprint density at radius 2 is 2.08 bits per heavy atom. The average Bonchev–Trinajstić information content (AvgIpc) is 3.04. The maximum absolute atomic E-state index is 13.0. The molecule has 2 atom stereocenters. The lowest BCUT2D eigenvalue weighted by atomic mass is 9.97. The second-order valence-electron chi connectivity index (χ2n) is 7.65. The van der Waals surface area contributed by atoms with Crippen LogP contribution in [0.15, 0.2) is 28.8 Å². The molecule has 2 aliphatic carbocycles. The molecule has 1 aliphatic heterocycles. The van der Waals surface area contributed by atoms with Crippen molar-refractivity contribution in [3.8, 4) is 0 Å². The van der Waals surface area contributed by atoms with Crippen LogP contribution in [0.2, 0.25) is 0 Å². The summed E-state index contributed by atoms with van der Waals surface area (Å²) in [5.41, 5.74) is 2.77. The first kappa shape index (κ1) is 15.1. The Hall–Kier alpha value is -2.17. The highest BCUT2D eigenvalue weighted by molar-refractivity contribution is 5.78. The third-order valence-electron chi connectivity index (χ3n) is 5.93. The number of amides is 1. The molecule has 1 saturated heterocycles. The number of hydrogen-bond acceptors (Lipinski definition) is 4. The lowest BCUT2D eigenvalue weighted by molar-refractivity contribution is -0.132. The second-order valence-corrected chi connectivity index (χ2v) is 7.65. The van der Waals surface area contributed by atoms with Crippen LogP contribution in [-0.2, 0) is 11.2 Å². The first-order valence-corrected chi connectivity index (χ1v) is 9.50. The molecule has 3 aliphatic rings.